The van der Waals surface area contributed by atoms with Crippen molar-refractivity contribution < 1.29 is 24.2 Å². The van der Waals surface area contributed by atoms with Gasteiger partial charge < -0.3 is 20.5 Å². The number of rotatable bonds is 6. The van der Waals surface area contributed by atoms with Gasteiger partial charge in [0.25, 0.3) is 0 Å². The minimum Gasteiger partial charge on any atom is -0.480 e. The first-order valence-electron chi connectivity index (χ1n) is 6.69. The van der Waals surface area contributed by atoms with Crippen LogP contribution in [-0.4, -0.2) is 66.8 Å². The highest BCUT2D eigenvalue weighted by Gasteiger charge is 2.35. The number of carbonyl (C=O) groups excluding carboxylic acids is 2. The molecule has 3 amide bonds. The third-order valence-corrected chi connectivity index (χ3v) is 3.30. The summed E-state index contributed by atoms with van der Waals surface area (Å²) >= 11 is 0. The zero-order valence-electron chi connectivity index (χ0n) is 11.1. The summed E-state index contributed by atoms with van der Waals surface area (Å²) in [6.45, 7) is 1.08. The quantitative estimate of drug-likeness (QED) is 0.543. The Morgan fingerprint density at radius 3 is 2.85 bits per heavy atom. The van der Waals surface area contributed by atoms with E-state index in [-0.39, 0.29) is 19.0 Å². The van der Waals surface area contributed by atoms with Crippen LogP contribution in [-0.2, 0) is 14.3 Å². The Morgan fingerprint density at radius 1 is 1.45 bits per heavy atom. The molecular formula is C12H19N3O5. The normalized spacial score (nSPS) is 22.3. The third-order valence-electron chi connectivity index (χ3n) is 3.30. The number of hydrogen-bond donors (Lipinski definition) is 3. The lowest BCUT2D eigenvalue weighted by Gasteiger charge is -2.32. The number of nitrogens with one attached hydrogen (secondary N) is 2. The summed E-state index contributed by atoms with van der Waals surface area (Å²) in [6, 6.07) is -1.58. The number of carboxylic acid groups (broad SMARTS) is 1. The maximum Gasteiger partial charge on any atom is 0.328 e. The lowest BCUT2D eigenvalue weighted by Crippen LogP contribution is -2.61. The van der Waals surface area contributed by atoms with Gasteiger partial charge in [0.2, 0.25) is 5.91 Å². The molecule has 1 unspecified atom stereocenters. The molecule has 2 aliphatic rings. The molecule has 20 heavy (non-hydrogen) atoms. The predicted molar refractivity (Wildman–Crippen MR) is 68.1 cm³/mol. The molecule has 1 heterocycles. The minimum atomic E-state index is -1.13. The molecule has 8 nitrogen and oxygen atoms in total. The van der Waals surface area contributed by atoms with Crippen LogP contribution in [0.15, 0.2) is 0 Å². The van der Waals surface area contributed by atoms with Crippen molar-refractivity contribution in [3.05, 3.63) is 0 Å². The van der Waals surface area contributed by atoms with Gasteiger partial charge in [0, 0.05) is 19.7 Å². The lowest BCUT2D eigenvalue weighted by atomic mass is 10.2. The smallest absolute Gasteiger partial charge is 0.328 e. The van der Waals surface area contributed by atoms with E-state index < -0.39 is 18.0 Å². The van der Waals surface area contributed by atoms with Gasteiger partial charge in [0.15, 0.2) is 0 Å². The number of aliphatic carboxylic acids is 1. The molecule has 1 saturated carbocycles. The summed E-state index contributed by atoms with van der Waals surface area (Å²) in [4.78, 5) is 35.2. The number of amides is 3. The van der Waals surface area contributed by atoms with Crippen LogP contribution in [0.4, 0.5) is 4.79 Å². The SMILES string of the molecule is O=C1CN(C(=O)NCCOCC2CC2)C(C(=O)O)CN1. The first-order chi connectivity index (χ1) is 9.58. The molecule has 2 fully saturated rings. The number of carbonyl (C=O) groups is 3. The van der Waals surface area contributed by atoms with Gasteiger partial charge in [-0.05, 0) is 18.8 Å². The number of urea groups is 1. The molecule has 0 aromatic rings. The van der Waals surface area contributed by atoms with Gasteiger partial charge in [-0.15, -0.1) is 0 Å². The fraction of sp³-hybridized carbons (Fsp3) is 0.750. The monoisotopic (exact) mass is 285 g/mol. The molecule has 0 aromatic carbocycles. The van der Waals surface area contributed by atoms with Crippen LogP contribution in [0.1, 0.15) is 12.8 Å². The molecule has 2 rings (SSSR count). The van der Waals surface area contributed by atoms with Crippen molar-refractivity contribution in [2.45, 2.75) is 18.9 Å². The molecule has 1 saturated heterocycles. The molecule has 0 spiro atoms. The summed E-state index contributed by atoms with van der Waals surface area (Å²) in [5.74, 6) is -0.833. The van der Waals surface area contributed by atoms with E-state index in [1.807, 2.05) is 0 Å². The van der Waals surface area contributed by atoms with E-state index in [0.29, 0.717) is 25.7 Å². The Morgan fingerprint density at radius 2 is 2.20 bits per heavy atom. The van der Waals surface area contributed by atoms with Crippen molar-refractivity contribution in [2.75, 3.05) is 32.8 Å². The van der Waals surface area contributed by atoms with Gasteiger partial charge in [0.1, 0.15) is 12.6 Å². The fourth-order valence-corrected chi connectivity index (χ4v) is 1.94. The van der Waals surface area contributed by atoms with E-state index in [2.05, 4.69) is 10.6 Å². The Labute approximate surface area is 116 Å². The molecule has 1 aliphatic heterocycles. The average Bonchev–Trinajstić information content (AvgIpc) is 3.21. The van der Waals surface area contributed by atoms with Crippen LogP contribution in [0.3, 0.4) is 0 Å². The largest absolute Gasteiger partial charge is 0.480 e. The highest BCUT2D eigenvalue weighted by molar-refractivity contribution is 5.90. The highest BCUT2D eigenvalue weighted by atomic mass is 16.5. The summed E-state index contributed by atoms with van der Waals surface area (Å²) < 4.78 is 5.36. The first kappa shape index (κ1) is 14.6. The lowest BCUT2D eigenvalue weighted by molar-refractivity contribution is -0.144. The number of carboxylic acids is 1. The molecule has 112 valence electrons. The fourth-order valence-electron chi connectivity index (χ4n) is 1.94. The summed E-state index contributed by atoms with van der Waals surface area (Å²) in [6.07, 6.45) is 2.41. The number of nitrogens with zero attached hydrogens (tertiary/aromatic N) is 1. The minimum absolute atomic E-state index is 0.0697. The average molecular weight is 285 g/mol. The third kappa shape index (κ3) is 4.09. The van der Waals surface area contributed by atoms with E-state index in [1.165, 1.54) is 12.8 Å². The van der Waals surface area contributed by atoms with Crippen LogP contribution in [0.5, 0.6) is 0 Å². The van der Waals surface area contributed by atoms with Gasteiger partial charge in [0.05, 0.1) is 6.61 Å². The van der Waals surface area contributed by atoms with E-state index >= 15 is 0 Å². The van der Waals surface area contributed by atoms with Gasteiger partial charge in [-0.1, -0.05) is 0 Å². The van der Waals surface area contributed by atoms with Gasteiger partial charge >= 0.3 is 12.0 Å². The zero-order valence-corrected chi connectivity index (χ0v) is 11.1. The summed E-state index contributed by atoms with van der Waals surface area (Å²) in [5, 5.41) is 14.0. The second-order valence-corrected chi connectivity index (χ2v) is 5.04. The summed E-state index contributed by atoms with van der Waals surface area (Å²) in [7, 11) is 0. The van der Waals surface area contributed by atoms with E-state index in [4.69, 9.17) is 9.84 Å². The van der Waals surface area contributed by atoms with Gasteiger partial charge in [-0.3, -0.25) is 9.69 Å². The molecule has 0 bridgehead atoms. The molecule has 8 heteroatoms. The zero-order chi connectivity index (χ0) is 14.5. The second-order valence-electron chi connectivity index (χ2n) is 5.04. The van der Waals surface area contributed by atoms with Crippen molar-refractivity contribution in [1.29, 1.82) is 0 Å². The highest BCUT2D eigenvalue weighted by Crippen LogP contribution is 2.28. The standard InChI is InChI=1S/C12H19N3O5/c16-10-6-15(9(5-14-10)11(17)18)12(19)13-3-4-20-7-8-1-2-8/h8-9H,1-7H2,(H,13,19)(H,14,16)(H,17,18). The molecular weight excluding hydrogens is 266 g/mol. The van der Waals surface area contributed by atoms with Gasteiger partial charge in [-0.2, -0.15) is 0 Å². The number of ether oxygens (including phenoxy) is 1. The van der Waals surface area contributed by atoms with Crippen LogP contribution in [0, 0.1) is 5.92 Å². The second kappa shape index (κ2) is 6.56. The topological polar surface area (TPSA) is 108 Å². The summed E-state index contributed by atoms with van der Waals surface area (Å²) in [5.41, 5.74) is 0. The van der Waals surface area contributed by atoms with Crippen molar-refractivity contribution >= 4 is 17.9 Å². The Bertz CT molecular complexity index is 397. The molecule has 3 N–H and O–H groups in total. The predicted octanol–water partition coefficient (Wildman–Crippen LogP) is -0.992. The Hall–Kier alpha value is -1.83. The Balaban J connectivity index is 1.72. The van der Waals surface area contributed by atoms with E-state index in [9.17, 15) is 14.4 Å². The molecule has 0 radical (unpaired) electrons. The van der Waals surface area contributed by atoms with Crippen molar-refractivity contribution in [3.63, 3.8) is 0 Å². The van der Waals surface area contributed by atoms with Crippen LogP contribution >= 0.6 is 0 Å². The van der Waals surface area contributed by atoms with E-state index in [1.54, 1.807) is 0 Å². The number of hydrogen-bond acceptors (Lipinski definition) is 4. The number of piperazine rings is 1. The maximum atomic E-state index is 11.9. The first-order valence-corrected chi connectivity index (χ1v) is 6.69. The van der Waals surface area contributed by atoms with Gasteiger partial charge in [-0.25, -0.2) is 9.59 Å². The Kier molecular flexibility index (Phi) is 4.78. The van der Waals surface area contributed by atoms with Crippen LogP contribution in [0.25, 0.3) is 0 Å². The molecule has 0 aromatic heterocycles. The van der Waals surface area contributed by atoms with Crippen molar-refractivity contribution in [2.24, 2.45) is 5.92 Å². The molecule has 1 aliphatic carbocycles. The van der Waals surface area contributed by atoms with Crippen LogP contribution < -0.4 is 10.6 Å². The maximum absolute atomic E-state index is 11.9. The van der Waals surface area contributed by atoms with Crippen LogP contribution in [0.2, 0.25) is 0 Å². The van der Waals surface area contributed by atoms with Crippen molar-refractivity contribution in [3.8, 4) is 0 Å². The molecule has 1 atom stereocenters. The van der Waals surface area contributed by atoms with E-state index in [0.717, 1.165) is 4.90 Å². The van der Waals surface area contributed by atoms with Crippen molar-refractivity contribution in [1.82, 2.24) is 15.5 Å².